The summed E-state index contributed by atoms with van der Waals surface area (Å²) < 4.78 is 0. The monoisotopic (exact) mass is 309 g/mol. The Labute approximate surface area is 139 Å². The fourth-order valence-electron chi connectivity index (χ4n) is 3.67. The molecule has 2 atom stereocenters. The molecule has 1 aromatic carbocycles. The molecule has 2 unspecified atom stereocenters. The van der Waals surface area contributed by atoms with Gasteiger partial charge in [-0.05, 0) is 55.8 Å². The van der Waals surface area contributed by atoms with Crippen LogP contribution >= 0.6 is 0 Å². The average Bonchev–Trinajstić information content (AvgIpc) is 2.62. The number of aromatic nitrogens is 1. The molecule has 3 heteroatoms. The molecule has 2 aromatic rings. The summed E-state index contributed by atoms with van der Waals surface area (Å²) in [5.74, 6) is 0.509. The van der Waals surface area contributed by atoms with Gasteiger partial charge >= 0.3 is 0 Å². The van der Waals surface area contributed by atoms with Crippen molar-refractivity contribution in [3.8, 4) is 0 Å². The van der Waals surface area contributed by atoms with Crippen LogP contribution in [-0.2, 0) is 13.0 Å². The third kappa shape index (κ3) is 4.18. The summed E-state index contributed by atoms with van der Waals surface area (Å²) in [5.41, 5.74) is 9.84. The fraction of sp³-hybridized carbons (Fsp3) is 0.450. The van der Waals surface area contributed by atoms with Crippen molar-refractivity contribution in [2.24, 2.45) is 5.73 Å². The van der Waals surface area contributed by atoms with Crippen molar-refractivity contribution < 1.29 is 0 Å². The molecule has 3 nitrogen and oxygen atoms in total. The number of fused-ring (bicyclic) bond motifs is 1. The molecular formula is C20H27N3. The third-order valence-corrected chi connectivity index (χ3v) is 4.85. The van der Waals surface area contributed by atoms with Crippen LogP contribution in [0.3, 0.4) is 0 Å². The van der Waals surface area contributed by atoms with Crippen molar-refractivity contribution in [1.29, 1.82) is 0 Å². The van der Waals surface area contributed by atoms with Gasteiger partial charge < -0.3 is 11.1 Å². The molecule has 0 amide bonds. The largest absolute Gasteiger partial charge is 0.330 e. The lowest BCUT2D eigenvalue weighted by Gasteiger charge is -2.32. The first-order chi connectivity index (χ1) is 11.4. The normalized spacial score (nSPS) is 18.4. The van der Waals surface area contributed by atoms with E-state index in [-0.39, 0.29) is 0 Å². The predicted molar refractivity (Wildman–Crippen MR) is 95.3 cm³/mol. The summed E-state index contributed by atoms with van der Waals surface area (Å²) in [5, 5.41) is 3.79. The predicted octanol–water partition coefficient (Wildman–Crippen LogP) is 3.40. The van der Waals surface area contributed by atoms with Gasteiger partial charge in [0.25, 0.3) is 0 Å². The quantitative estimate of drug-likeness (QED) is 0.824. The highest BCUT2D eigenvalue weighted by Crippen LogP contribution is 2.34. The highest BCUT2D eigenvalue weighted by molar-refractivity contribution is 5.27. The van der Waals surface area contributed by atoms with E-state index >= 15 is 0 Å². The van der Waals surface area contributed by atoms with Crippen LogP contribution < -0.4 is 11.1 Å². The zero-order valence-corrected chi connectivity index (χ0v) is 13.7. The van der Waals surface area contributed by atoms with E-state index in [9.17, 15) is 0 Å². The van der Waals surface area contributed by atoms with E-state index in [4.69, 9.17) is 10.7 Å². The van der Waals surface area contributed by atoms with Crippen molar-refractivity contribution in [2.75, 3.05) is 6.54 Å². The zero-order valence-electron chi connectivity index (χ0n) is 13.7. The number of pyridine rings is 1. The molecule has 0 saturated carbocycles. The van der Waals surface area contributed by atoms with Gasteiger partial charge in [0.05, 0.1) is 0 Å². The van der Waals surface area contributed by atoms with Gasteiger partial charge in [0, 0.05) is 30.4 Å². The molecule has 23 heavy (non-hydrogen) atoms. The van der Waals surface area contributed by atoms with E-state index in [1.165, 1.54) is 36.1 Å². The van der Waals surface area contributed by atoms with Crippen LogP contribution in [0.4, 0.5) is 0 Å². The Bertz CT molecular complexity index is 597. The van der Waals surface area contributed by atoms with Gasteiger partial charge in [0.15, 0.2) is 0 Å². The summed E-state index contributed by atoms with van der Waals surface area (Å²) in [6, 6.07) is 15.4. The second-order valence-electron chi connectivity index (χ2n) is 6.45. The highest BCUT2D eigenvalue weighted by Gasteiger charge is 2.28. The average molecular weight is 309 g/mol. The Hall–Kier alpha value is -1.71. The number of benzene rings is 1. The van der Waals surface area contributed by atoms with Crippen LogP contribution in [0.5, 0.6) is 0 Å². The molecule has 0 radical (unpaired) electrons. The van der Waals surface area contributed by atoms with Crippen LogP contribution in [0, 0.1) is 0 Å². The van der Waals surface area contributed by atoms with E-state index < -0.39 is 0 Å². The van der Waals surface area contributed by atoms with E-state index in [1.807, 2.05) is 6.20 Å². The summed E-state index contributed by atoms with van der Waals surface area (Å²) in [4.78, 5) is 4.71. The second kappa shape index (κ2) is 8.23. The summed E-state index contributed by atoms with van der Waals surface area (Å²) >= 11 is 0. The Kier molecular flexibility index (Phi) is 5.78. The van der Waals surface area contributed by atoms with E-state index in [1.54, 1.807) is 0 Å². The number of rotatable bonds is 7. The first-order valence-electron chi connectivity index (χ1n) is 8.79. The summed E-state index contributed by atoms with van der Waals surface area (Å²) in [6.45, 7) is 1.67. The Morgan fingerprint density at radius 2 is 2.04 bits per heavy atom. The van der Waals surface area contributed by atoms with E-state index in [0.29, 0.717) is 12.0 Å². The van der Waals surface area contributed by atoms with Gasteiger partial charge in [-0.2, -0.15) is 0 Å². The maximum absolute atomic E-state index is 5.76. The molecule has 1 heterocycles. The highest BCUT2D eigenvalue weighted by atomic mass is 14.9. The van der Waals surface area contributed by atoms with Crippen LogP contribution in [0.1, 0.15) is 48.4 Å². The zero-order chi connectivity index (χ0) is 15.9. The van der Waals surface area contributed by atoms with Crippen LogP contribution in [-0.4, -0.2) is 17.6 Å². The number of nitrogens with zero attached hydrogens (tertiary/aromatic N) is 1. The fourth-order valence-corrected chi connectivity index (χ4v) is 3.67. The second-order valence-corrected chi connectivity index (χ2v) is 6.45. The molecule has 1 aromatic heterocycles. The molecule has 1 aliphatic carbocycles. The molecule has 1 aliphatic rings. The van der Waals surface area contributed by atoms with Gasteiger partial charge in [-0.1, -0.05) is 36.4 Å². The first kappa shape index (κ1) is 16.2. The minimum Gasteiger partial charge on any atom is -0.330 e. The van der Waals surface area contributed by atoms with Gasteiger partial charge in [0.1, 0.15) is 0 Å². The van der Waals surface area contributed by atoms with Crippen molar-refractivity contribution in [3.05, 3.63) is 65.5 Å². The molecule has 0 bridgehead atoms. The molecule has 122 valence electrons. The molecule has 0 aliphatic heterocycles. The van der Waals surface area contributed by atoms with Gasteiger partial charge in [0.2, 0.25) is 0 Å². The number of aryl methyl sites for hydroxylation is 1. The van der Waals surface area contributed by atoms with Crippen LogP contribution in [0.15, 0.2) is 48.7 Å². The van der Waals surface area contributed by atoms with Gasteiger partial charge in [-0.3, -0.25) is 4.98 Å². The molecule has 3 N–H and O–H groups in total. The van der Waals surface area contributed by atoms with E-state index in [0.717, 1.165) is 25.9 Å². The Balaban J connectivity index is 1.74. The Morgan fingerprint density at radius 3 is 2.87 bits per heavy atom. The standard InChI is InChI=1S/C20H27N3/c21-13-5-12-19(23-15-16-7-2-1-3-8-16)18-11-4-9-17-10-6-14-22-20(17)18/h1-3,6-8,10,14,18-19,23H,4-5,9,11-13,15,21H2. The number of hydrogen-bond acceptors (Lipinski definition) is 3. The smallest absolute Gasteiger partial charge is 0.0481 e. The summed E-state index contributed by atoms with van der Waals surface area (Å²) in [6.07, 6.45) is 7.77. The minimum absolute atomic E-state index is 0.452. The number of hydrogen-bond donors (Lipinski definition) is 2. The molecule has 3 rings (SSSR count). The van der Waals surface area contributed by atoms with Crippen LogP contribution in [0.25, 0.3) is 0 Å². The van der Waals surface area contributed by atoms with Crippen molar-refractivity contribution in [2.45, 2.75) is 50.6 Å². The lowest BCUT2D eigenvalue weighted by atomic mass is 9.80. The maximum atomic E-state index is 5.76. The van der Waals surface area contributed by atoms with Crippen molar-refractivity contribution in [1.82, 2.24) is 10.3 Å². The van der Waals surface area contributed by atoms with Crippen molar-refractivity contribution in [3.63, 3.8) is 0 Å². The lowest BCUT2D eigenvalue weighted by molar-refractivity contribution is 0.360. The van der Waals surface area contributed by atoms with Gasteiger partial charge in [-0.25, -0.2) is 0 Å². The van der Waals surface area contributed by atoms with Crippen molar-refractivity contribution >= 4 is 0 Å². The molecule has 0 spiro atoms. The maximum Gasteiger partial charge on any atom is 0.0481 e. The molecule has 0 fully saturated rings. The molecule has 0 saturated heterocycles. The lowest BCUT2D eigenvalue weighted by Crippen LogP contribution is -2.37. The molecular weight excluding hydrogens is 282 g/mol. The van der Waals surface area contributed by atoms with Gasteiger partial charge in [-0.15, -0.1) is 0 Å². The van der Waals surface area contributed by atoms with E-state index in [2.05, 4.69) is 47.8 Å². The first-order valence-corrected chi connectivity index (χ1v) is 8.79. The van der Waals surface area contributed by atoms with Crippen LogP contribution in [0.2, 0.25) is 0 Å². The number of nitrogens with one attached hydrogen (secondary N) is 1. The Morgan fingerprint density at radius 1 is 1.17 bits per heavy atom. The minimum atomic E-state index is 0.452. The number of nitrogens with two attached hydrogens (primary N) is 1. The SMILES string of the molecule is NCCCC(NCc1ccccc1)C1CCCc2cccnc21. The summed E-state index contributed by atoms with van der Waals surface area (Å²) in [7, 11) is 0. The topological polar surface area (TPSA) is 50.9 Å². The third-order valence-electron chi connectivity index (χ3n) is 4.85.